The quantitative estimate of drug-likeness (QED) is 0.0494. The van der Waals surface area contributed by atoms with Crippen LogP contribution < -0.4 is 63.7 Å². The van der Waals surface area contributed by atoms with E-state index in [2.05, 4.69) is 417 Å². The van der Waals surface area contributed by atoms with Crippen molar-refractivity contribution in [2.24, 2.45) is 0 Å². The van der Waals surface area contributed by atoms with Crippen molar-refractivity contribution in [3.8, 4) is 0 Å². The third-order valence-electron chi connectivity index (χ3n) is 12.2. The van der Waals surface area contributed by atoms with Crippen molar-refractivity contribution in [2.75, 3.05) is 0 Å². The number of hydrogen-bond donors (Lipinski definition) is 0. The smallest absolute Gasteiger partial charge is 0 e. The maximum absolute atomic E-state index is 7.50. The topological polar surface area (TPSA) is 159 Å². The van der Waals surface area contributed by atoms with E-state index in [4.69, 9.17) is 37.2 Å². The van der Waals surface area contributed by atoms with Crippen LogP contribution in [0, 0.1) is 53.2 Å². The molecular formula is C80H60O8P4Ru4. The van der Waals surface area contributed by atoms with Crippen LogP contribution in [0.3, 0.4) is 0 Å². The van der Waals surface area contributed by atoms with E-state index < -0.39 is 31.7 Å². The van der Waals surface area contributed by atoms with Gasteiger partial charge >= 0.3 is 90.4 Å². The van der Waals surface area contributed by atoms with Crippen molar-refractivity contribution in [1.82, 2.24) is 0 Å². The Hall–Kier alpha value is -7.23. The van der Waals surface area contributed by atoms with Crippen LogP contribution in [-0.4, -0.2) is 0 Å². The zero-order valence-corrected chi connectivity index (χ0v) is 61.6. The van der Waals surface area contributed by atoms with Crippen LogP contribution in [0.1, 0.15) is 0 Å². The standard InChI is InChI=1S/4C18H15P.8CO.4Ru/c4*1-4-10-16(11-5-1)19(17-12-6-2-7-13-17)18-14-8-3-9-15-18;8*1-2;;;;/h4*1-15H;;;;;;;;;;;;. The maximum Gasteiger partial charge on any atom is 0 e. The first-order chi connectivity index (χ1) is 45.8. The summed E-state index contributed by atoms with van der Waals surface area (Å²) in [6, 6.07) is 129. The van der Waals surface area contributed by atoms with Gasteiger partial charge in [0.25, 0.3) is 0 Å². The van der Waals surface area contributed by atoms with Gasteiger partial charge in [-0.25, -0.2) is 0 Å². The summed E-state index contributed by atoms with van der Waals surface area (Å²) in [4.78, 5) is 0. The van der Waals surface area contributed by atoms with E-state index in [-0.39, 0.29) is 77.9 Å². The summed E-state index contributed by atoms with van der Waals surface area (Å²) in [6.07, 6.45) is 0. The maximum atomic E-state index is 7.50. The molecule has 0 N–H and O–H groups in total. The molecule has 0 aliphatic rings. The van der Waals surface area contributed by atoms with E-state index in [1.54, 1.807) is 0 Å². The second kappa shape index (κ2) is 65.1. The summed E-state index contributed by atoms with van der Waals surface area (Å²) < 4.78 is 60.0. The predicted octanol–water partition coefficient (Wildman–Crippen LogP) is 13.5. The fourth-order valence-electron chi connectivity index (χ4n) is 8.71. The SMILES string of the molecule is [C-]#[O+].[C-]#[O+].[C-]#[O+].[C-]#[O+].[C-]#[O+].[C-]#[O+].[C-]#[O+].[C-]#[O+].[Ru].[Ru].[Ru].[Ru].c1ccc(P(c2ccccc2)c2ccccc2)cc1.c1ccc(P(c2ccccc2)c2ccccc2)cc1.c1ccc(P(c2ccccc2)c2ccccc2)cc1.c1ccc(P(c2ccccc2)c2ccccc2)cc1. The predicted molar refractivity (Wildman–Crippen MR) is 372 cm³/mol. The van der Waals surface area contributed by atoms with Crippen molar-refractivity contribution in [3.63, 3.8) is 0 Å². The molecule has 8 nitrogen and oxygen atoms in total. The molecule has 0 atom stereocenters. The largest absolute Gasteiger partial charge is 0.0622 e. The summed E-state index contributed by atoms with van der Waals surface area (Å²) >= 11 is 0. The minimum Gasteiger partial charge on any atom is -0.0622 e. The Morgan fingerprint density at radius 1 is 0.115 bits per heavy atom. The van der Waals surface area contributed by atoms with Crippen molar-refractivity contribution < 1.29 is 115 Å². The Bertz CT molecular complexity index is 2970. The summed E-state index contributed by atoms with van der Waals surface area (Å²) in [6.45, 7) is 36.0. The van der Waals surface area contributed by atoms with Gasteiger partial charge in [0, 0.05) is 77.9 Å². The van der Waals surface area contributed by atoms with Crippen molar-refractivity contribution in [2.45, 2.75) is 0 Å². The Labute approximate surface area is 622 Å². The molecule has 0 radical (unpaired) electrons. The van der Waals surface area contributed by atoms with Crippen LogP contribution in [0.4, 0.5) is 0 Å². The number of rotatable bonds is 12. The molecule has 12 aromatic rings. The normalized spacial score (nSPS) is 8.54. The van der Waals surface area contributed by atoms with Crippen LogP contribution in [0.5, 0.6) is 0 Å². The van der Waals surface area contributed by atoms with Gasteiger partial charge in [0.15, 0.2) is 0 Å². The van der Waals surface area contributed by atoms with Gasteiger partial charge in [-0.15, -0.1) is 0 Å². The third kappa shape index (κ3) is 34.1. The van der Waals surface area contributed by atoms with Crippen LogP contribution in [0.2, 0.25) is 0 Å². The first kappa shape index (κ1) is 95.2. The fourth-order valence-corrected chi connectivity index (χ4v) is 17.9. The van der Waals surface area contributed by atoms with Crippen LogP contribution in [0.15, 0.2) is 364 Å². The number of hydrogen-bond acceptors (Lipinski definition) is 0. The molecule has 0 saturated carbocycles. The van der Waals surface area contributed by atoms with Crippen molar-refractivity contribution in [1.29, 1.82) is 0 Å². The summed E-state index contributed by atoms with van der Waals surface area (Å²) in [5.74, 6) is 0. The molecule has 96 heavy (non-hydrogen) atoms. The molecule has 0 spiro atoms. The summed E-state index contributed by atoms with van der Waals surface area (Å²) in [5.41, 5.74) is 0. The van der Waals surface area contributed by atoms with Crippen molar-refractivity contribution >= 4 is 95.3 Å². The van der Waals surface area contributed by atoms with E-state index in [0.29, 0.717) is 0 Å². The molecule has 0 unspecified atom stereocenters. The average molecular weight is 1680 g/mol. The second-order valence-corrected chi connectivity index (χ2v) is 26.2. The van der Waals surface area contributed by atoms with E-state index in [1.807, 2.05) is 0 Å². The molecular weight excluding hydrogens is 1620 g/mol. The minimum atomic E-state index is -0.446. The third-order valence-corrected chi connectivity index (χ3v) is 21.9. The monoisotopic (exact) mass is 1680 g/mol. The molecule has 0 heterocycles. The Morgan fingerprint density at radius 2 is 0.167 bits per heavy atom. The first-order valence-electron chi connectivity index (χ1n) is 27.2. The van der Waals surface area contributed by atoms with E-state index in [0.717, 1.165) is 0 Å². The van der Waals surface area contributed by atoms with E-state index in [1.165, 1.54) is 63.7 Å². The Morgan fingerprint density at radius 3 is 0.219 bits per heavy atom. The Kier molecular flexibility index (Phi) is 64.5. The molecule has 480 valence electrons. The van der Waals surface area contributed by atoms with Crippen LogP contribution in [-0.2, 0) is 115 Å². The van der Waals surface area contributed by atoms with Crippen molar-refractivity contribution in [3.05, 3.63) is 417 Å². The molecule has 0 bridgehead atoms. The zero-order valence-electron chi connectivity index (χ0n) is 51.1. The van der Waals surface area contributed by atoms with Gasteiger partial charge < -0.3 is 0 Å². The first-order valence-corrected chi connectivity index (χ1v) is 32.6. The van der Waals surface area contributed by atoms with Gasteiger partial charge in [-0.3, -0.25) is 0 Å². The van der Waals surface area contributed by atoms with E-state index in [9.17, 15) is 0 Å². The van der Waals surface area contributed by atoms with Crippen LogP contribution in [0.25, 0.3) is 0 Å². The molecule has 0 aliphatic heterocycles. The molecule has 0 fully saturated rings. The molecule has 0 aliphatic carbocycles. The van der Waals surface area contributed by atoms with Gasteiger partial charge in [0.1, 0.15) is 0 Å². The fraction of sp³-hybridized carbons (Fsp3) is 0. The van der Waals surface area contributed by atoms with Gasteiger partial charge in [0.2, 0.25) is 0 Å². The molecule has 12 rings (SSSR count). The molecule has 16 heteroatoms. The molecule has 0 aromatic heterocycles. The molecule has 0 amide bonds. The summed E-state index contributed by atoms with van der Waals surface area (Å²) in [7, 11) is -1.78. The second-order valence-electron chi connectivity index (χ2n) is 17.4. The van der Waals surface area contributed by atoms with Gasteiger partial charge in [-0.1, -0.05) is 364 Å². The van der Waals surface area contributed by atoms with E-state index >= 15 is 0 Å². The zero-order chi connectivity index (χ0) is 67.7. The van der Waals surface area contributed by atoms with Gasteiger partial charge in [0.05, 0.1) is 0 Å². The van der Waals surface area contributed by atoms with Gasteiger partial charge in [-0.05, 0) is 95.3 Å². The molecule has 0 saturated heterocycles. The minimum absolute atomic E-state index is 0. The summed E-state index contributed by atoms with van der Waals surface area (Å²) in [5, 5.41) is 16.8. The average Bonchev–Trinajstić information content (AvgIpc) is 0.929. The van der Waals surface area contributed by atoms with Crippen LogP contribution >= 0.6 is 31.7 Å². The number of benzene rings is 12. The van der Waals surface area contributed by atoms with Gasteiger partial charge in [-0.2, -0.15) is 0 Å². The Balaban J connectivity index is -0.000000541. The molecule has 12 aromatic carbocycles.